The Morgan fingerprint density at radius 2 is 2.00 bits per heavy atom. The van der Waals surface area contributed by atoms with Crippen LogP contribution in [0.25, 0.3) is 0 Å². The third-order valence-corrected chi connectivity index (χ3v) is 3.59. The van der Waals surface area contributed by atoms with Crippen molar-refractivity contribution in [2.45, 2.75) is 32.7 Å². The molecule has 0 spiro atoms. The highest BCUT2D eigenvalue weighted by Crippen LogP contribution is 2.29. The van der Waals surface area contributed by atoms with Gasteiger partial charge in [0, 0.05) is 19.6 Å². The van der Waals surface area contributed by atoms with Crippen LogP contribution in [0.15, 0.2) is 24.3 Å². The van der Waals surface area contributed by atoms with Gasteiger partial charge in [-0.2, -0.15) is 0 Å². The molecule has 0 heterocycles. The van der Waals surface area contributed by atoms with Gasteiger partial charge in [0.15, 0.2) is 0 Å². The summed E-state index contributed by atoms with van der Waals surface area (Å²) in [5.41, 5.74) is 7.85. The molecular formula is C15H22N2O. The lowest BCUT2D eigenvalue weighted by molar-refractivity contribution is -0.130. The molecule has 1 aromatic rings. The molecular weight excluding hydrogens is 224 g/mol. The standard InChI is InChI=1S/C15H22N2O/c1-2-17(11-12-7-8-12)15(18)9-13-5-3-4-6-14(13)10-16/h3-6,12H,2,7-11,16H2,1H3. The van der Waals surface area contributed by atoms with Crippen molar-refractivity contribution in [2.75, 3.05) is 13.1 Å². The number of nitrogens with zero attached hydrogens (tertiary/aromatic N) is 1. The molecule has 1 aliphatic rings. The number of rotatable bonds is 6. The predicted molar refractivity (Wildman–Crippen MR) is 73.0 cm³/mol. The summed E-state index contributed by atoms with van der Waals surface area (Å²) in [6.07, 6.45) is 3.04. The van der Waals surface area contributed by atoms with E-state index >= 15 is 0 Å². The van der Waals surface area contributed by atoms with Crippen LogP contribution >= 0.6 is 0 Å². The fraction of sp³-hybridized carbons (Fsp3) is 0.533. The number of benzene rings is 1. The Balaban J connectivity index is 1.99. The predicted octanol–water partition coefficient (Wildman–Crippen LogP) is 1.95. The van der Waals surface area contributed by atoms with Crippen LogP contribution in [0.1, 0.15) is 30.9 Å². The molecule has 1 fully saturated rings. The molecule has 1 aromatic carbocycles. The fourth-order valence-corrected chi connectivity index (χ4v) is 2.22. The lowest BCUT2D eigenvalue weighted by atomic mass is 10.0. The van der Waals surface area contributed by atoms with E-state index in [1.165, 1.54) is 12.8 Å². The van der Waals surface area contributed by atoms with E-state index in [-0.39, 0.29) is 5.91 Å². The van der Waals surface area contributed by atoms with Crippen LogP contribution in [0, 0.1) is 5.92 Å². The summed E-state index contributed by atoms with van der Waals surface area (Å²) in [7, 11) is 0. The lowest BCUT2D eigenvalue weighted by Crippen LogP contribution is -2.34. The van der Waals surface area contributed by atoms with Crippen molar-refractivity contribution in [1.29, 1.82) is 0 Å². The summed E-state index contributed by atoms with van der Waals surface area (Å²) in [6, 6.07) is 7.95. The summed E-state index contributed by atoms with van der Waals surface area (Å²) in [4.78, 5) is 14.2. The Labute approximate surface area is 109 Å². The first kappa shape index (κ1) is 13.1. The Morgan fingerprint density at radius 1 is 1.33 bits per heavy atom. The maximum absolute atomic E-state index is 12.3. The van der Waals surface area contributed by atoms with E-state index < -0.39 is 0 Å². The van der Waals surface area contributed by atoms with Crippen LogP contribution in [-0.4, -0.2) is 23.9 Å². The van der Waals surface area contributed by atoms with Crippen molar-refractivity contribution in [2.24, 2.45) is 11.7 Å². The molecule has 1 saturated carbocycles. The van der Waals surface area contributed by atoms with Crippen molar-refractivity contribution in [3.63, 3.8) is 0 Å². The van der Waals surface area contributed by atoms with E-state index in [9.17, 15) is 4.79 Å². The van der Waals surface area contributed by atoms with Gasteiger partial charge in [0.25, 0.3) is 0 Å². The number of carbonyl (C=O) groups is 1. The van der Waals surface area contributed by atoms with Gasteiger partial charge in [0.2, 0.25) is 5.91 Å². The van der Waals surface area contributed by atoms with Crippen molar-refractivity contribution >= 4 is 5.91 Å². The number of nitrogens with two attached hydrogens (primary N) is 1. The summed E-state index contributed by atoms with van der Waals surface area (Å²) >= 11 is 0. The van der Waals surface area contributed by atoms with Gasteiger partial charge in [0.1, 0.15) is 0 Å². The van der Waals surface area contributed by atoms with E-state index in [1.54, 1.807) is 0 Å². The zero-order chi connectivity index (χ0) is 13.0. The normalized spacial score (nSPS) is 14.6. The van der Waals surface area contributed by atoms with Gasteiger partial charge in [-0.25, -0.2) is 0 Å². The highest BCUT2D eigenvalue weighted by molar-refractivity contribution is 5.79. The largest absolute Gasteiger partial charge is 0.342 e. The molecule has 3 nitrogen and oxygen atoms in total. The van der Waals surface area contributed by atoms with Crippen LogP contribution in [0.4, 0.5) is 0 Å². The Kier molecular flexibility index (Phi) is 4.37. The average molecular weight is 246 g/mol. The summed E-state index contributed by atoms with van der Waals surface area (Å²) in [5.74, 6) is 0.976. The third kappa shape index (κ3) is 3.33. The maximum atomic E-state index is 12.3. The van der Waals surface area contributed by atoms with Gasteiger partial charge in [0.05, 0.1) is 6.42 Å². The molecule has 0 radical (unpaired) electrons. The molecule has 0 aliphatic heterocycles. The maximum Gasteiger partial charge on any atom is 0.227 e. The average Bonchev–Trinajstić information content (AvgIpc) is 3.20. The second-order valence-corrected chi connectivity index (χ2v) is 5.03. The van der Waals surface area contributed by atoms with E-state index in [1.807, 2.05) is 29.2 Å². The molecule has 3 heteroatoms. The highest BCUT2D eigenvalue weighted by Gasteiger charge is 2.26. The van der Waals surface area contributed by atoms with Crippen LogP contribution in [0.3, 0.4) is 0 Å². The van der Waals surface area contributed by atoms with E-state index in [2.05, 4.69) is 6.92 Å². The van der Waals surface area contributed by atoms with E-state index in [0.717, 1.165) is 30.1 Å². The molecule has 0 aromatic heterocycles. The van der Waals surface area contributed by atoms with Gasteiger partial charge in [-0.3, -0.25) is 4.79 Å². The summed E-state index contributed by atoms with van der Waals surface area (Å²) in [6.45, 7) is 4.29. The lowest BCUT2D eigenvalue weighted by Gasteiger charge is -2.21. The third-order valence-electron chi connectivity index (χ3n) is 3.59. The fourth-order valence-electron chi connectivity index (χ4n) is 2.22. The zero-order valence-corrected chi connectivity index (χ0v) is 11.1. The van der Waals surface area contributed by atoms with Crippen molar-refractivity contribution < 1.29 is 4.79 Å². The summed E-state index contributed by atoms with van der Waals surface area (Å²) < 4.78 is 0. The second-order valence-electron chi connectivity index (χ2n) is 5.03. The minimum absolute atomic E-state index is 0.227. The Bertz CT molecular complexity index is 413. The molecule has 1 amide bonds. The van der Waals surface area contributed by atoms with Crippen molar-refractivity contribution in [3.05, 3.63) is 35.4 Å². The molecule has 18 heavy (non-hydrogen) atoms. The van der Waals surface area contributed by atoms with Crippen molar-refractivity contribution in [1.82, 2.24) is 4.90 Å². The number of carbonyl (C=O) groups excluding carboxylic acids is 1. The van der Waals surface area contributed by atoms with Crippen LogP contribution < -0.4 is 5.73 Å². The summed E-state index contributed by atoms with van der Waals surface area (Å²) in [5, 5.41) is 0. The van der Waals surface area contributed by atoms with Gasteiger partial charge < -0.3 is 10.6 Å². The number of hydrogen-bond acceptors (Lipinski definition) is 2. The molecule has 2 N–H and O–H groups in total. The highest BCUT2D eigenvalue weighted by atomic mass is 16.2. The minimum atomic E-state index is 0.227. The van der Waals surface area contributed by atoms with Gasteiger partial charge >= 0.3 is 0 Å². The first-order chi connectivity index (χ1) is 8.74. The van der Waals surface area contributed by atoms with Gasteiger partial charge in [-0.15, -0.1) is 0 Å². The van der Waals surface area contributed by atoms with Crippen molar-refractivity contribution in [3.8, 4) is 0 Å². The SMILES string of the molecule is CCN(CC1CC1)C(=O)Cc1ccccc1CN. The van der Waals surface area contributed by atoms with Crippen LogP contribution in [0.5, 0.6) is 0 Å². The number of likely N-dealkylation sites (N-methyl/N-ethyl adjacent to an activating group) is 1. The first-order valence-corrected chi connectivity index (χ1v) is 6.79. The van der Waals surface area contributed by atoms with Crippen LogP contribution in [0.2, 0.25) is 0 Å². The molecule has 1 aliphatic carbocycles. The zero-order valence-electron chi connectivity index (χ0n) is 11.1. The molecule has 0 bridgehead atoms. The van der Waals surface area contributed by atoms with Gasteiger partial charge in [-0.05, 0) is 36.8 Å². The molecule has 0 saturated heterocycles. The quantitative estimate of drug-likeness (QED) is 0.834. The molecule has 0 atom stereocenters. The molecule has 2 rings (SSSR count). The van der Waals surface area contributed by atoms with Gasteiger partial charge in [-0.1, -0.05) is 24.3 Å². The minimum Gasteiger partial charge on any atom is -0.342 e. The van der Waals surface area contributed by atoms with E-state index in [4.69, 9.17) is 5.73 Å². The topological polar surface area (TPSA) is 46.3 Å². The smallest absolute Gasteiger partial charge is 0.227 e. The van der Waals surface area contributed by atoms with E-state index in [0.29, 0.717) is 13.0 Å². The van der Waals surface area contributed by atoms with Crippen LogP contribution in [-0.2, 0) is 17.8 Å². The first-order valence-electron chi connectivity index (χ1n) is 6.79. The Hall–Kier alpha value is -1.35. The number of hydrogen-bond donors (Lipinski definition) is 1. The monoisotopic (exact) mass is 246 g/mol. The Morgan fingerprint density at radius 3 is 2.56 bits per heavy atom. The second kappa shape index (κ2) is 6.01. The molecule has 0 unspecified atom stereocenters. The molecule has 98 valence electrons. The number of amides is 1.